The van der Waals surface area contributed by atoms with Crippen molar-refractivity contribution in [3.63, 3.8) is 0 Å². The van der Waals surface area contributed by atoms with E-state index >= 15 is 0 Å². The van der Waals surface area contributed by atoms with Crippen molar-refractivity contribution in [2.45, 2.75) is 6.92 Å². The third-order valence-electron chi connectivity index (χ3n) is 3.21. The van der Waals surface area contributed by atoms with Crippen molar-refractivity contribution in [1.29, 1.82) is 0 Å². The van der Waals surface area contributed by atoms with Gasteiger partial charge in [-0.3, -0.25) is 4.79 Å². The van der Waals surface area contributed by atoms with Crippen LogP contribution >= 0.6 is 11.6 Å². The van der Waals surface area contributed by atoms with Gasteiger partial charge in [-0.05, 0) is 36.8 Å². The number of anilines is 1. The molecule has 1 heterocycles. The monoisotopic (exact) mass is 285 g/mol. The summed E-state index contributed by atoms with van der Waals surface area (Å²) in [6.45, 7) is 1.90. The van der Waals surface area contributed by atoms with E-state index in [-0.39, 0.29) is 5.43 Å². The molecule has 2 N–H and O–H groups in total. The number of fused-ring (bicyclic) bond motifs is 1. The van der Waals surface area contributed by atoms with Crippen LogP contribution in [0.1, 0.15) is 5.56 Å². The van der Waals surface area contributed by atoms with Crippen LogP contribution in [0, 0.1) is 6.92 Å². The normalized spacial score (nSPS) is 10.9. The molecule has 1 aromatic heterocycles. The Kier molecular flexibility index (Phi) is 2.99. The van der Waals surface area contributed by atoms with E-state index in [1.165, 1.54) is 6.07 Å². The molecule has 0 atom stereocenters. The molecular formula is C16H12ClNO2. The van der Waals surface area contributed by atoms with Gasteiger partial charge < -0.3 is 10.2 Å². The molecule has 0 saturated carbocycles. The van der Waals surface area contributed by atoms with Gasteiger partial charge in [0.25, 0.3) is 0 Å². The SMILES string of the molecule is Cc1cccc2c(=O)cc(-c3cc(N)ccc3Cl)oc12. The molecule has 4 heteroatoms. The molecule has 3 rings (SSSR count). The lowest BCUT2D eigenvalue weighted by Gasteiger charge is -2.07. The van der Waals surface area contributed by atoms with Crippen LogP contribution in [0.4, 0.5) is 5.69 Å². The van der Waals surface area contributed by atoms with Gasteiger partial charge in [-0.1, -0.05) is 23.7 Å². The Hall–Kier alpha value is -2.26. The topological polar surface area (TPSA) is 56.2 Å². The molecular weight excluding hydrogens is 274 g/mol. The number of aryl methyl sites for hydroxylation is 1. The van der Waals surface area contributed by atoms with Gasteiger partial charge in [0.15, 0.2) is 5.43 Å². The van der Waals surface area contributed by atoms with E-state index in [2.05, 4.69) is 0 Å². The Bertz CT molecular complexity index is 868. The van der Waals surface area contributed by atoms with Crippen molar-refractivity contribution in [1.82, 2.24) is 0 Å². The van der Waals surface area contributed by atoms with E-state index in [1.54, 1.807) is 24.3 Å². The van der Waals surface area contributed by atoms with Crippen LogP contribution in [0.5, 0.6) is 0 Å². The van der Waals surface area contributed by atoms with Crippen LogP contribution in [-0.4, -0.2) is 0 Å². The zero-order chi connectivity index (χ0) is 14.3. The van der Waals surface area contributed by atoms with E-state index in [4.69, 9.17) is 21.8 Å². The zero-order valence-electron chi connectivity index (χ0n) is 10.8. The first-order chi connectivity index (χ1) is 9.56. The summed E-state index contributed by atoms with van der Waals surface area (Å²) in [4.78, 5) is 12.2. The van der Waals surface area contributed by atoms with Crippen LogP contribution < -0.4 is 11.2 Å². The molecule has 0 spiro atoms. The molecule has 0 bridgehead atoms. The Morgan fingerprint density at radius 3 is 2.75 bits per heavy atom. The minimum absolute atomic E-state index is 0.0940. The van der Waals surface area contributed by atoms with Crippen molar-refractivity contribution in [2.75, 3.05) is 5.73 Å². The summed E-state index contributed by atoms with van der Waals surface area (Å²) in [6.07, 6.45) is 0. The molecule has 0 amide bonds. The first-order valence-corrected chi connectivity index (χ1v) is 6.53. The number of para-hydroxylation sites is 1. The molecule has 0 aliphatic heterocycles. The third-order valence-corrected chi connectivity index (χ3v) is 3.54. The second-order valence-corrected chi connectivity index (χ2v) is 5.07. The van der Waals surface area contributed by atoms with Gasteiger partial charge in [0, 0.05) is 17.3 Å². The Morgan fingerprint density at radius 2 is 1.95 bits per heavy atom. The van der Waals surface area contributed by atoms with Gasteiger partial charge in [-0.15, -0.1) is 0 Å². The highest BCUT2D eigenvalue weighted by molar-refractivity contribution is 6.33. The van der Waals surface area contributed by atoms with Crippen molar-refractivity contribution in [2.24, 2.45) is 0 Å². The fourth-order valence-corrected chi connectivity index (χ4v) is 2.39. The standard InChI is InChI=1S/C16H12ClNO2/c1-9-3-2-4-11-14(19)8-15(20-16(9)11)12-7-10(18)5-6-13(12)17/h2-8H,18H2,1H3. The fourth-order valence-electron chi connectivity index (χ4n) is 2.18. The molecule has 0 radical (unpaired) electrons. The van der Waals surface area contributed by atoms with Gasteiger partial charge in [0.1, 0.15) is 11.3 Å². The lowest BCUT2D eigenvalue weighted by molar-refractivity contribution is 0.616. The number of halogens is 1. The summed E-state index contributed by atoms with van der Waals surface area (Å²) in [7, 11) is 0. The van der Waals surface area contributed by atoms with Gasteiger partial charge in [-0.2, -0.15) is 0 Å². The first-order valence-electron chi connectivity index (χ1n) is 6.15. The average molecular weight is 286 g/mol. The quantitative estimate of drug-likeness (QED) is 0.687. The van der Waals surface area contributed by atoms with E-state index in [0.717, 1.165) is 5.56 Å². The molecule has 20 heavy (non-hydrogen) atoms. The molecule has 2 aromatic carbocycles. The molecule has 3 nitrogen and oxygen atoms in total. The molecule has 3 aromatic rings. The highest BCUT2D eigenvalue weighted by Crippen LogP contribution is 2.31. The molecule has 0 saturated heterocycles. The molecule has 0 aliphatic carbocycles. The Labute approximate surface area is 120 Å². The van der Waals surface area contributed by atoms with E-state index in [1.807, 2.05) is 19.1 Å². The molecule has 0 aliphatic rings. The maximum absolute atomic E-state index is 12.2. The predicted molar refractivity (Wildman–Crippen MR) is 82.1 cm³/mol. The Morgan fingerprint density at radius 1 is 1.15 bits per heavy atom. The van der Waals surface area contributed by atoms with Crippen LogP contribution in [0.25, 0.3) is 22.3 Å². The maximum Gasteiger partial charge on any atom is 0.193 e. The maximum atomic E-state index is 12.2. The lowest BCUT2D eigenvalue weighted by atomic mass is 10.1. The average Bonchev–Trinajstić information content (AvgIpc) is 2.42. The molecule has 0 fully saturated rings. The van der Waals surface area contributed by atoms with Crippen LogP contribution in [-0.2, 0) is 0 Å². The summed E-state index contributed by atoms with van der Waals surface area (Å²) in [6, 6.07) is 12.0. The largest absolute Gasteiger partial charge is 0.455 e. The van der Waals surface area contributed by atoms with Crippen LogP contribution in [0.3, 0.4) is 0 Å². The number of nitrogen functional groups attached to an aromatic ring is 1. The van der Waals surface area contributed by atoms with Crippen LogP contribution in [0.2, 0.25) is 5.02 Å². The first kappa shape index (κ1) is 12.8. The van der Waals surface area contributed by atoms with Crippen molar-refractivity contribution >= 4 is 28.3 Å². The number of hydrogen-bond donors (Lipinski definition) is 1. The predicted octanol–water partition coefficient (Wildman–Crippen LogP) is 4.00. The summed E-state index contributed by atoms with van der Waals surface area (Å²) in [5, 5.41) is 1.06. The summed E-state index contributed by atoms with van der Waals surface area (Å²) < 4.78 is 5.86. The molecule has 0 unspecified atom stereocenters. The van der Waals surface area contributed by atoms with E-state index in [0.29, 0.717) is 33.0 Å². The zero-order valence-corrected chi connectivity index (χ0v) is 11.6. The van der Waals surface area contributed by atoms with Gasteiger partial charge in [0.05, 0.1) is 10.4 Å². The van der Waals surface area contributed by atoms with E-state index in [9.17, 15) is 4.79 Å². The lowest BCUT2D eigenvalue weighted by Crippen LogP contribution is -2.01. The third kappa shape index (κ3) is 2.06. The minimum Gasteiger partial charge on any atom is -0.455 e. The van der Waals surface area contributed by atoms with Crippen molar-refractivity contribution in [3.05, 3.63) is 63.3 Å². The van der Waals surface area contributed by atoms with Gasteiger partial charge in [-0.25, -0.2) is 0 Å². The highest BCUT2D eigenvalue weighted by Gasteiger charge is 2.11. The van der Waals surface area contributed by atoms with Crippen molar-refractivity contribution in [3.8, 4) is 11.3 Å². The smallest absolute Gasteiger partial charge is 0.193 e. The second-order valence-electron chi connectivity index (χ2n) is 4.67. The number of benzene rings is 2. The van der Waals surface area contributed by atoms with Crippen LogP contribution in [0.15, 0.2) is 51.7 Å². The fraction of sp³-hybridized carbons (Fsp3) is 0.0625. The summed E-state index contributed by atoms with van der Waals surface area (Å²) >= 11 is 6.16. The van der Waals surface area contributed by atoms with Gasteiger partial charge >= 0.3 is 0 Å². The number of nitrogens with two attached hydrogens (primary N) is 1. The van der Waals surface area contributed by atoms with Gasteiger partial charge in [0.2, 0.25) is 0 Å². The second kappa shape index (κ2) is 4.69. The van der Waals surface area contributed by atoms with E-state index < -0.39 is 0 Å². The minimum atomic E-state index is -0.0940. The molecule has 100 valence electrons. The van der Waals surface area contributed by atoms with Crippen molar-refractivity contribution < 1.29 is 4.42 Å². The summed E-state index contributed by atoms with van der Waals surface area (Å²) in [5.41, 5.74) is 8.34. The highest BCUT2D eigenvalue weighted by atomic mass is 35.5. The summed E-state index contributed by atoms with van der Waals surface area (Å²) in [5.74, 6) is 0.425. The number of rotatable bonds is 1. The Balaban J connectivity index is 2.35. The number of hydrogen-bond acceptors (Lipinski definition) is 3.